The number of aromatic amines is 6. The molecule has 0 saturated carbocycles. The van der Waals surface area contributed by atoms with Gasteiger partial charge in [0.05, 0.1) is 60.0 Å². The van der Waals surface area contributed by atoms with Gasteiger partial charge in [-0.2, -0.15) is 5.10 Å². The Bertz CT molecular complexity index is 5510. The number of hydrogen-bond acceptors (Lipinski definition) is 16. The summed E-state index contributed by atoms with van der Waals surface area (Å²) in [5.41, 5.74) is 56.1. The quantitative estimate of drug-likeness (QED) is 0.0318. The van der Waals surface area contributed by atoms with Crippen molar-refractivity contribution in [3.05, 3.63) is 239 Å². The average Bonchev–Trinajstić information content (AvgIpc) is 1.65. The summed E-state index contributed by atoms with van der Waals surface area (Å²) in [6.07, 6.45) is 12.8. The first-order valence-corrected chi connectivity index (χ1v) is 38.8. The van der Waals surface area contributed by atoms with Crippen LogP contribution in [0.25, 0.3) is 76.5 Å². The van der Waals surface area contributed by atoms with Crippen molar-refractivity contribution >= 4 is 117 Å². The molecule has 0 amide bonds. The number of rotatable bonds is 21. The van der Waals surface area contributed by atoms with Crippen LogP contribution in [0.1, 0.15) is 191 Å². The van der Waals surface area contributed by atoms with Gasteiger partial charge in [-0.15, -0.1) is 0 Å². The Morgan fingerprint density at radius 2 is 0.795 bits per heavy atom. The zero-order chi connectivity index (χ0) is 85.4. The van der Waals surface area contributed by atoms with Crippen LogP contribution in [0.4, 0.5) is 8.78 Å². The van der Waals surface area contributed by atoms with Crippen LogP contribution in [0.5, 0.6) is 0 Å². The lowest BCUT2D eigenvalue weighted by atomic mass is 9.90. The van der Waals surface area contributed by atoms with Crippen molar-refractivity contribution in [1.29, 1.82) is 0 Å². The number of hydrogen-bond donors (Lipinski definition) is 13. The maximum Gasteiger partial charge on any atom is 0.148 e. The minimum Gasteiger partial charge on any atom is -0.361 e. The number of carbonyl (C=O) groups is 7. The summed E-state index contributed by atoms with van der Waals surface area (Å²) in [7, 11) is 0. The van der Waals surface area contributed by atoms with E-state index in [0.29, 0.717) is 5.39 Å². The van der Waals surface area contributed by atoms with Crippen LogP contribution in [0.3, 0.4) is 0 Å². The van der Waals surface area contributed by atoms with Crippen molar-refractivity contribution in [1.82, 2.24) is 44.7 Å². The van der Waals surface area contributed by atoms with E-state index in [1.807, 2.05) is 153 Å². The monoisotopic (exact) mass is 1590 g/mol. The SMILES string of the molecule is C.CC(=O)[C@@H](N)[C@@H](C)c1c(C)[nH]c2ccccc12.CC(=O)[C@@H](N)[C@@H](C)c1c[nH]c2cc(C)ccc12.CC(=O)[C@@H](N)[C@@H](C)c1c[nH]c2ccc(F)cc12.CC(=O)[C@@H](N)[C@@H](C)c1c[nH]c2cccc(F)c12.CC(=O)[C@@H](N)[C@@H](C)c1c[nH]c2ccccc12.CC(=O)[C@@H](N)[C@@H](C)c1c[nH]c2ncccc12.CC(=O)[C@@H](N)[C@@H](C)n1ncc2ccccc21. The van der Waals surface area contributed by atoms with E-state index < -0.39 is 42.3 Å². The molecule has 8 heterocycles. The smallest absolute Gasteiger partial charge is 0.148 e. The van der Waals surface area contributed by atoms with Crippen molar-refractivity contribution < 1.29 is 42.3 Å². The summed E-state index contributed by atoms with van der Waals surface area (Å²) in [6.45, 7) is 28.2. The number of H-pyrrole nitrogens is 6. The van der Waals surface area contributed by atoms with E-state index in [0.717, 1.165) is 110 Å². The molecule has 23 nitrogen and oxygen atoms in total. The lowest BCUT2D eigenvalue weighted by Crippen LogP contribution is -2.37. The van der Waals surface area contributed by atoms with Gasteiger partial charge in [0.15, 0.2) is 0 Å². The Morgan fingerprint density at radius 3 is 1.34 bits per heavy atom. The highest BCUT2D eigenvalue weighted by Gasteiger charge is 2.29. The second-order valence-corrected chi connectivity index (χ2v) is 30.4. The molecule has 117 heavy (non-hydrogen) atoms. The minimum atomic E-state index is -0.603. The number of carbonyl (C=O) groups excluding carboxylic acids is 7. The van der Waals surface area contributed by atoms with Crippen LogP contribution in [-0.2, 0) is 33.6 Å². The molecule has 620 valence electrons. The number of ketones is 7. The molecule has 0 aliphatic rings. The molecule has 0 bridgehead atoms. The summed E-state index contributed by atoms with van der Waals surface area (Å²) in [6, 6.07) is 40.0. The lowest BCUT2D eigenvalue weighted by molar-refractivity contribution is -0.119. The standard InChI is InChI=1S/2C14H18N2O.2C13H15FN2O.C13H16N2O.2C12H15N3O.CH4/c1-8-4-5-11-12(7-16-13(11)6-8)9(2)14(15)10(3)17;1-8(14(15)10(3)17)13-9(2)16-12-7-5-4-6-11(12)13;1-7(13(15)8(2)17)11-6-16-12-4-3-9(14)5-10(11)12;1-7(13(15)8(2)17)9-6-16-11-5-3-4-10(14)12(9)11;1-8(13(14)9(2)16)11-7-15-12-6-4-3-5-10(11)12;1-7(11(13)8(2)16)10-6-15-12-9(10)4-3-5-14-12;1-8(12(13)9(2)16)15-11-6-4-3-5-10(11)7-14-15;/h4-7,9,14,16H,15H2,1-3H3;4-8,14,16H,15H2,1-3H3;2*3-7,13,16H,15H2,1-2H3;3-8,13,15H,14H2,1-2H3;3-7,11H,13H2,1-2H3,(H,14,15);3-8,12H,13H2,1-2H3;1H4/t9-,14-;8-,14-;2*7-,13-;8-,13-;7-,11-;8-,12+;/m0000001./s1. The van der Waals surface area contributed by atoms with E-state index in [-0.39, 0.29) is 101 Å². The molecular weight excluding hydrogens is 1480 g/mol. The van der Waals surface area contributed by atoms with Crippen LogP contribution in [0.15, 0.2) is 183 Å². The number of fused-ring (bicyclic) bond motifs is 7. The van der Waals surface area contributed by atoms with Gasteiger partial charge in [-0.3, -0.25) is 38.2 Å². The second-order valence-electron chi connectivity index (χ2n) is 30.4. The van der Waals surface area contributed by atoms with Gasteiger partial charge in [-0.25, -0.2) is 13.8 Å². The maximum atomic E-state index is 13.8. The highest BCUT2D eigenvalue weighted by molar-refractivity contribution is 5.93. The maximum absolute atomic E-state index is 13.8. The lowest BCUT2D eigenvalue weighted by Gasteiger charge is -2.18. The van der Waals surface area contributed by atoms with Gasteiger partial charge in [-0.1, -0.05) is 122 Å². The summed E-state index contributed by atoms with van der Waals surface area (Å²) >= 11 is 0. The largest absolute Gasteiger partial charge is 0.361 e. The van der Waals surface area contributed by atoms with E-state index in [1.54, 1.807) is 61.5 Å². The predicted molar refractivity (Wildman–Crippen MR) is 469 cm³/mol. The Kier molecular flexibility index (Phi) is 32.7. The molecule has 25 heteroatoms. The molecule has 20 N–H and O–H groups in total. The van der Waals surface area contributed by atoms with Crippen LogP contribution in [-0.4, -0.2) is 127 Å². The fraction of sp³-hybridized carbons (Fsp3) is 0.337. The predicted octanol–water partition coefficient (Wildman–Crippen LogP) is 15.6. The molecule has 0 spiro atoms. The van der Waals surface area contributed by atoms with E-state index in [4.69, 9.17) is 40.1 Å². The first-order chi connectivity index (χ1) is 54.9. The Hall–Kier alpha value is -11.6. The van der Waals surface area contributed by atoms with Crippen molar-refractivity contribution in [3.63, 3.8) is 0 Å². The molecule has 0 fully saturated rings. The van der Waals surface area contributed by atoms with Crippen LogP contribution in [0.2, 0.25) is 0 Å². The van der Waals surface area contributed by atoms with E-state index in [1.165, 1.54) is 58.4 Å². The van der Waals surface area contributed by atoms with E-state index >= 15 is 0 Å². The fourth-order valence-corrected chi connectivity index (χ4v) is 14.4. The number of para-hydroxylation sites is 3. The van der Waals surface area contributed by atoms with Crippen molar-refractivity contribution in [2.24, 2.45) is 40.1 Å². The molecule has 14 rings (SSSR count). The molecule has 0 radical (unpaired) electrons. The Balaban J connectivity index is 0.000000188. The number of nitrogens with zero attached hydrogens (tertiary/aromatic N) is 3. The Labute approximate surface area is 681 Å². The van der Waals surface area contributed by atoms with Gasteiger partial charge in [0.25, 0.3) is 0 Å². The number of halogens is 2. The third-order valence-corrected chi connectivity index (χ3v) is 22.1. The molecular formula is C92H116F2N16O7. The van der Waals surface area contributed by atoms with Gasteiger partial charge in [0, 0.05) is 144 Å². The number of aromatic nitrogens is 9. The molecule has 0 aliphatic carbocycles. The van der Waals surface area contributed by atoms with Crippen molar-refractivity contribution in [2.45, 2.75) is 202 Å². The highest BCUT2D eigenvalue weighted by atomic mass is 19.1. The van der Waals surface area contributed by atoms with Gasteiger partial charge in [0.2, 0.25) is 0 Å². The van der Waals surface area contributed by atoms with Gasteiger partial charge >= 0.3 is 0 Å². The van der Waals surface area contributed by atoms with Crippen LogP contribution in [0, 0.1) is 25.5 Å². The fourth-order valence-electron chi connectivity index (χ4n) is 14.4. The van der Waals surface area contributed by atoms with E-state index in [2.05, 4.69) is 71.2 Å². The van der Waals surface area contributed by atoms with Crippen molar-refractivity contribution in [3.8, 4) is 0 Å². The normalized spacial score (nSPS) is 14.7. The third kappa shape index (κ3) is 22.2. The summed E-state index contributed by atoms with van der Waals surface area (Å²) in [5, 5.41) is 11.1. The number of Topliss-reactive ketones (excluding diaryl/α,β-unsaturated/α-hetero) is 7. The number of nitrogens with one attached hydrogen (secondary N) is 6. The van der Waals surface area contributed by atoms with Gasteiger partial charge < -0.3 is 70.0 Å². The number of pyridine rings is 1. The van der Waals surface area contributed by atoms with Gasteiger partial charge in [0.1, 0.15) is 57.8 Å². The van der Waals surface area contributed by atoms with E-state index in [9.17, 15) is 42.3 Å². The zero-order valence-electron chi connectivity index (χ0n) is 68.9. The van der Waals surface area contributed by atoms with Crippen LogP contribution >= 0.6 is 0 Å². The molecule has 14 aromatic rings. The molecule has 14 atom stereocenters. The molecule has 0 aliphatic heterocycles. The minimum absolute atomic E-state index is 0. The second kappa shape index (κ2) is 41.3. The number of benzene rings is 6. The average molecular weight is 1600 g/mol. The summed E-state index contributed by atoms with van der Waals surface area (Å²) in [5.74, 6) is -0.926. The van der Waals surface area contributed by atoms with Crippen molar-refractivity contribution in [2.75, 3.05) is 0 Å². The number of aryl methyl sites for hydroxylation is 2. The molecule has 8 aromatic heterocycles. The molecule has 0 unspecified atom stereocenters. The Morgan fingerprint density at radius 1 is 0.385 bits per heavy atom. The summed E-state index contributed by atoms with van der Waals surface area (Å²) < 4.78 is 28.8. The van der Waals surface area contributed by atoms with Crippen LogP contribution < -0.4 is 40.1 Å². The first kappa shape index (κ1) is 92.6. The molecule has 0 saturated heterocycles. The highest BCUT2D eigenvalue weighted by Crippen LogP contribution is 2.35. The summed E-state index contributed by atoms with van der Waals surface area (Å²) in [4.78, 5) is 102. The van der Waals surface area contributed by atoms with Gasteiger partial charge in [-0.05, 0) is 175 Å². The number of nitrogens with two attached hydrogens (primary N) is 7. The molecule has 6 aromatic carbocycles. The topological polar surface area (TPSA) is 427 Å². The zero-order valence-corrected chi connectivity index (χ0v) is 68.9. The third-order valence-electron chi connectivity index (χ3n) is 22.1. The first-order valence-electron chi connectivity index (χ1n) is 38.8.